The predicted octanol–water partition coefficient (Wildman–Crippen LogP) is 2.64. The minimum absolute atomic E-state index is 0.256. The second-order valence-electron chi connectivity index (χ2n) is 6.96. The average molecular weight is 410 g/mol. The molecule has 1 aromatic carbocycles. The lowest BCUT2D eigenvalue weighted by Crippen LogP contribution is -2.35. The number of piperidine rings is 1. The number of benzene rings is 1. The molecular formula is C21H23FN6O2. The van der Waals surface area contributed by atoms with Gasteiger partial charge < -0.3 is 14.8 Å². The molecule has 30 heavy (non-hydrogen) atoms. The zero-order valence-corrected chi connectivity index (χ0v) is 16.5. The third-order valence-corrected chi connectivity index (χ3v) is 4.99. The standard InChI is InChI=1S/C21H23FN6O2/c22-20-16(15-29)3-1-4-19(20)17-13-23-21(24-14-17)27-9-5-18(6-10-27)26-30-12-11-28-8-2-7-25-28/h1-4,7-8,13-14,29H,5-6,9-12,15H2. The van der Waals surface area contributed by atoms with Crippen LogP contribution in [0.5, 0.6) is 0 Å². The van der Waals surface area contributed by atoms with E-state index in [0.717, 1.165) is 31.6 Å². The molecule has 2 aromatic heterocycles. The first-order valence-electron chi connectivity index (χ1n) is 9.85. The van der Waals surface area contributed by atoms with Gasteiger partial charge in [0.25, 0.3) is 0 Å². The fraction of sp³-hybridized carbons (Fsp3) is 0.333. The molecule has 1 aliphatic heterocycles. The lowest BCUT2D eigenvalue weighted by Gasteiger charge is -2.27. The number of rotatable bonds is 7. The summed E-state index contributed by atoms with van der Waals surface area (Å²) >= 11 is 0. The lowest BCUT2D eigenvalue weighted by atomic mass is 10.1. The third-order valence-electron chi connectivity index (χ3n) is 4.99. The molecule has 1 saturated heterocycles. The molecule has 0 bridgehead atoms. The summed E-state index contributed by atoms with van der Waals surface area (Å²) in [6.45, 7) is 2.29. The largest absolute Gasteiger partial charge is 0.394 e. The third kappa shape index (κ3) is 4.62. The lowest BCUT2D eigenvalue weighted by molar-refractivity contribution is 0.131. The summed E-state index contributed by atoms with van der Waals surface area (Å²) in [5.41, 5.74) is 2.24. The van der Waals surface area contributed by atoms with Gasteiger partial charge in [-0.05, 0) is 6.07 Å². The number of aliphatic hydroxyl groups is 1. The molecule has 4 rings (SSSR count). The molecular weight excluding hydrogens is 387 g/mol. The van der Waals surface area contributed by atoms with Gasteiger partial charge in [-0.3, -0.25) is 4.68 Å². The highest BCUT2D eigenvalue weighted by atomic mass is 19.1. The summed E-state index contributed by atoms with van der Waals surface area (Å²) in [4.78, 5) is 16.3. The van der Waals surface area contributed by atoms with Crippen LogP contribution in [0, 0.1) is 5.82 Å². The van der Waals surface area contributed by atoms with Crippen molar-refractivity contribution in [3.05, 3.63) is 60.4 Å². The molecule has 0 spiro atoms. The SMILES string of the molecule is OCc1cccc(-c2cnc(N3CCC(=NOCCn4cccn4)CC3)nc2)c1F. The van der Waals surface area contributed by atoms with E-state index < -0.39 is 5.82 Å². The van der Waals surface area contributed by atoms with Crippen molar-refractivity contribution in [2.45, 2.75) is 26.0 Å². The topological polar surface area (TPSA) is 88.7 Å². The van der Waals surface area contributed by atoms with Crippen LogP contribution in [0.2, 0.25) is 0 Å². The molecule has 0 atom stereocenters. The van der Waals surface area contributed by atoms with Crippen molar-refractivity contribution in [2.75, 3.05) is 24.6 Å². The molecule has 8 nitrogen and oxygen atoms in total. The van der Waals surface area contributed by atoms with Crippen LogP contribution in [-0.2, 0) is 18.0 Å². The smallest absolute Gasteiger partial charge is 0.225 e. The van der Waals surface area contributed by atoms with Gasteiger partial charge in [-0.2, -0.15) is 5.10 Å². The van der Waals surface area contributed by atoms with Crippen LogP contribution in [-0.4, -0.2) is 50.3 Å². The summed E-state index contributed by atoms with van der Waals surface area (Å²) in [5, 5.41) is 17.6. The Labute approximate surface area is 173 Å². The van der Waals surface area contributed by atoms with Crippen molar-refractivity contribution in [2.24, 2.45) is 5.16 Å². The quantitative estimate of drug-likeness (QED) is 0.476. The summed E-state index contributed by atoms with van der Waals surface area (Å²) in [6, 6.07) is 6.80. The highest BCUT2D eigenvalue weighted by molar-refractivity contribution is 5.86. The van der Waals surface area contributed by atoms with Crippen molar-refractivity contribution in [3.63, 3.8) is 0 Å². The fourth-order valence-electron chi connectivity index (χ4n) is 3.31. The van der Waals surface area contributed by atoms with Gasteiger partial charge in [-0.15, -0.1) is 0 Å². The maximum Gasteiger partial charge on any atom is 0.225 e. The van der Waals surface area contributed by atoms with Crippen LogP contribution in [0.25, 0.3) is 11.1 Å². The Balaban J connectivity index is 1.31. The van der Waals surface area contributed by atoms with E-state index in [-0.39, 0.29) is 12.2 Å². The maximum atomic E-state index is 14.4. The molecule has 0 radical (unpaired) electrons. The molecule has 9 heteroatoms. The number of nitrogens with zero attached hydrogens (tertiary/aromatic N) is 6. The highest BCUT2D eigenvalue weighted by Crippen LogP contribution is 2.25. The molecule has 3 aromatic rings. The number of aromatic nitrogens is 4. The number of oxime groups is 1. The second-order valence-corrected chi connectivity index (χ2v) is 6.96. The Bertz CT molecular complexity index is 981. The van der Waals surface area contributed by atoms with E-state index in [1.165, 1.54) is 0 Å². The van der Waals surface area contributed by atoms with E-state index >= 15 is 0 Å². The van der Waals surface area contributed by atoms with Crippen LogP contribution < -0.4 is 4.90 Å². The first-order chi connectivity index (χ1) is 14.7. The van der Waals surface area contributed by atoms with Gasteiger partial charge in [-0.1, -0.05) is 23.4 Å². The Morgan fingerprint density at radius 3 is 2.63 bits per heavy atom. The van der Waals surface area contributed by atoms with Crippen LogP contribution in [0.4, 0.5) is 10.3 Å². The number of aliphatic hydroxyl groups excluding tert-OH is 1. The van der Waals surface area contributed by atoms with Crippen molar-refractivity contribution in [3.8, 4) is 11.1 Å². The molecule has 0 amide bonds. The molecule has 156 valence electrons. The number of anilines is 1. The van der Waals surface area contributed by atoms with Gasteiger partial charge in [0.15, 0.2) is 0 Å². The van der Waals surface area contributed by atoms with Crippen LogP contribution in [0.3, 0.4) is 0 Å². The number of hydrogen-bond donors (Lipinski definition) is 1. The van der Waals surface area contributed by atoms with Crippen molar-refractivity contribution in [1.29, 1.82) is 0 Å². The molecule has 3 heterocycles. The van der Waals surface area contributed by atoms with Crippen molar-refractivity contribution >= 4 is 11.7 Å². The molecule has 0 saturated carbocycles. The van der Waals surface area contributed by atoms with E-state index in [0.29, 0.717) is 30.2 Å². The summed E-state index contributed by atoms with van der Waals surface area (Å²) in [7, 11) is 0. The van der Waals surface area contributed by atoms with Gasteiger partial charge in [0.05, 0.1) is 18.9 Å². The number of hydrogen-bond acceptors (Lipinski definition) is 7. The van der Waals surface area contributed by atoms with Gasteiger partial charge in [0, 0.05) is 67.4 Å². The van der Waals surface area contributed by atoms with Gasteiger partial charge in [-0.25, -0.2) is 14.4 Å². The van der Waals surface area contributed by atoms with Gasteiger partial charge in [0.2, 0.25) is 5.95 Å². The van der Waals surface area contributed by atoms with E-state index in [4.69, 9.17) is 4.84 Å². The summed E-state index contributed by atoms with van der Waals surface area (Å²) in [5.74, 6) is 0.166. The van der Waals surface area contributed by atoms with Crippen LogP contribution in [0.1, 0.15) is 18.4 Å². The van der Waals surface area contributed by atoms with E-state index in [1.807, 2.05) is 12.3 Å². The van der Waals surface area contributed by atoms with E-state index in [2.05, 4.69) is 25.1 Å². The summed E-state index contributed by atoms with van der Waals surface area (Å²) < 4.78 is 16.2. The Kier molecular flexibility index (Phi) is 6.29. The maximum absolute atomic E-state index is 14.4. The molecule has 0 aliphatic carbocycles. The minimum atomic E-state index is -0.442. The Morgan fingerprint density at radius 2 is 1.93 bits per heavy atom. The van der Waals surface area contributed by atoms with E-state index in [9.17, 15) is 9.50 Å². The predicted molar refractivity (Wildman–Crippen MR) is 110 cm³/mol. The summed E-state index contributed by atoms with van der Waals surface area (Å²) in [6.07, 6.45) is 8.41. The molecule has 1 aliphatic rings. The van der Waals surface area contributed by atoms with Crippen molar-refractivity contribution in [1.82, 2.24) is 19.7 Å². The van der Waals surface area contributed by atoms with Crippen LogP contribution >= 0.6 is 0 Å². The minimum Gasteiger partial charge on any atom is -0.394 e. The highest BCUT2D eigenvalue weighted by Gasteiger charge is 2.18. The molecule has 0 unspecified atom stereocenters. The van der Waals surface area contributed by atoms with Gasteiger partial charge in [0.1, 0.15) is 12.4 Å². The molecule has 1 N–H and O–H groups in total. The van der Waals surface area contributed by atoms with Crippen LogP contribution in [0.15, 0.2) is 54.2 Å². The fourth-order valence-corrected chi connectivity index (χ4v) is 3.31. The Morgan fingerprint density at radius 1 is 1.13 bits per heavy atom. The Hall–Kier alpha value is -3.33. The zero-order valence-electron chi connectivity index (χ0n) is 16.5. The zero-order chi connectivity index (χ0) is 20.8. The van der Waals surface area contributed by atoms with Gasteiger partial charge >= 0.3 is 0 Å². The normalized spacial score (nSPS) is 14.1. The second kappa shape index (κ2) is 9.45. The monoisotopic (exact) mass is 410 g/mol. The van der Waals surface area contributed by atoms with Crippen molar-refractivity contribution < 1.29 is 14.3 Å². The average Bonchev–Trinajstić information content (AvgIpc) is 3.31. The van der Waals surface area contributed by atoms with E-state index in [1.54, 1.807) is 41.5 Å². The first-order valence-corrected chi connectivity index (χ1v) is 9.85. The molecule has 1 fully saturated rings. The first kappa shape index (κ1) is 20.0. The number of halogens is 1.